The van der Waals surface area contributed by atoms with E-state index in [0.29, 0.717) is 23.7 Å². The number of carbonyl (C=O) groups excluding carboxylic acids is 1. The number of nitrogens with one attached hydrogen (secondary N) is 1. The first kappa shape index (κ1) is 20.3. The highest BCUT2D eigenvalue weighted by atomic mass is 79.9. The van der Waals surface area contributed by atoms with Gasteiger partial charge in [-0.05, 0) is 61.7 Å². The Morgan fingerprint density at radius 2 is 1.89 bits per heavy atom. The quantitative estimate of drug-likeness (QED) is 0.709. The van der Waals surface area contributed by atoms with E-state index in [2.05, 4.69) is 21.2 Å². The summed E-state index contributed by atoms with van der Waals surface area (Å²) in [5.41, 5.74) is 1.47. The number of hydrogen-bond acceptors (Lipinski definition) is 3. The molecule has 1 atom stereocenters. The summed E-state index contributed by atoms with van der Waals surface area (Å²) < 4.78 is 28.3. The second kappa shape index (κ2) is 8.31. The lowest BCUT2D eigenvalue weighted by atomic mass is 10.0. The number of anilines is 1. The van der Waals surface area contributed by atoms with Crippen molar-refractivity contribution < 1.29 is 13.2 Å². The molecule has 144 valence electrons. The van der Waals surface area contributed by atoms with Gasteiger partial charge in [0.25, 0.3) is 0 Å². The van der Waals surface area contributed by atoms with Gasteiger partial charge in [0.1, 0.15) is 6.04 Å². The van der Waals surface area contributed by atoms with Crippen molar-refractivity contribution in [2.45, 2.75) is 37.1 Å². The molecule has 1 aliphatic heterocycles. The number of aryl methyl sites for hydroxylation is 1. The Labute approximate surface area is 172 Å². The zero-order chi connectivity index (χ0) is 19.6. The summed E-state index contributed by atoms with van der Waals surface area (Å²) in [6, 6.07) is 11.0. The number of halogens is 2. The van der Waals surface area contributed by atoms with Crippen molar-refractivity contribution in [3.05, 3.63) is 57.5 Å². The Bertz CT molecular complexity index is 948. The molecule has 0 spiro atoms. The molecular weight excluding hydrogens is 452 g/mol. The number of rotatable bonds is 4. The minimum atomic E-state index is -3.75. The summed E-state index contributed by atoms with van der Waals surface area (Å²) >= 11 is 9.42. The van der Waals surface area contributed by atoms with Gasteiger partial charge in [-0.15, -0.1) is 0 Å². The Morgan fingerprint density at radius 3 is 2.56 bits per heavy atom. The summed E-state index contributed by atoms with van der Waals surface area (Å²) in [5, 5.41) is 3.36. The van der Waals surface area contributed by atoms with Crippen LogP contribution in [0.3, 0.4) is 0 Å². The fourth-order valence-corrected chi connectivity index (χ4v) is 5.19. The summed E-state index contributed by atoms with van der Waals surface area (Å²) in [6.07, 6.45) is 2.02. The van der Waals surface area contributed by atoms with Crippen molar-refractivity contribution in [3.8, 4) is 0 Å². The molecule has 0 saturated carbocycles. The number of amides is 1. The molecule has 8 heteroatoms. The second-order valence-corrected chi connectivity index (χ2v) is 9.75. The number of benzene rings is 2. The van der Waals surface area contributed by atoms with Crippen molar-refractivity contribution in [2.24, 2.45) is 0 Å². The molecular formula is C19H20BrClN2O3S. The van der Waals surface area contributed by atoms with E-state index in [1.54, 1.807) is 36.4 Å². The molecule has 1 aliphatic rings. The molecule has 1 heterocycles. The normalized spacial score (nSPS) is 18.3. The van der Waals surface area contributed by atoms with Crippen LogP contribution in [0.2, 0.25) is 5.02 Å². The van der Waals surface area contributed by atoms with Crippen LogP contribution in [0, 0.1) is 6.92 Å². The average Bonchev–Trinajstić information content (AvgIpc) is 2.65. The summed E-state index contributed by atoms with van der Waals surface area (Å²) in [4.78, 5) is 13.0. The van der Waals surface area contributed by atoms with Gasteiger partial charge in [-0.25, -0.2) is 8.42 Å². The average molecular weight is 472 g/mol. The van der Waals surface area contributed by atoms with Crippen LogP contribution in [-0.4, -0.2) is 31.2 Å². The first-order valence-electron chi connectivity index (χ1n) is 8.63. The standard InChI is InChI=1S/C19H20BrClN2O3S/c1-13-5-8-15(12-17(13)21)22-19(24)18-4-2-3-11-23(18)27(25,26)16-9-6-14(20)7-10-16/h5-10,12,18H,2-4,11H2,1H3,(H,22,24)/t18-/m0/s1. The molecule has 5 nitrogen and oxygen atoms in total. The van der Waals surface area contributed by atoms with E-state index in [0.717, 1.165) is 22.9 Å². The van der Waals surface area contributed by atoms with Crippen LogP contribution in [0.1, 0.15) is 24.8 Å². The molecule has 1 amide bonds. The van der Waals surface area contributed by atoms with Crippen molar-refractivity contribution in [3.63, 3.8) is 0 Å². The van der Waals surface area contributed by atoms with E-state index in [1.165, 1.54) is 4.31 Å². The van der Waals surface area contributed by atoms with Gasteiger partial charge in [0.05, 0.1) is 4.90 Å². The Morgan fingerprint density at radius 1 is 1.19 bits per heavy atom. The first-order chi connectivity index (χ1) is 12.8. The van der Waals surface area contributed by atoms with Crippen molar-refractivity contribution in [1.29, 1.82) is 0 Å². The maximum Gasteiger partial charge on any atom is 0.243 e. The molecule has 2 aromatic rings. The maximum absolute atomic E-state index is 13.1. The van der Waals surface area contributed by atoms with E-state index in [-0.39, 0.29) is 10.8 Å². The summed E-state index contributed by atoms with van der Waals surface area (Å²) in [7, 11) is -3.75. The minimum Gasteiger partial charge on any atom is -0.325 e. The van der Waals surface area contributed by atoms with Crippen LogP contribution < -0.4 is 5.32 Å². The molecule has 0 bridgehead atoms. The van der Waals surface area contributed by atoms with Crippen LogP contribution in [0.5, 0.6) is 0 Å². The molecule has 27 heavy (non-hydrogen) atoms. The van der Waals surface area contributed by atoms with Crippen LogP contribution in [0.4, 0.5) is 5.69 Å². The molecule has 1 N–H and O–H groups in total. The third kappa shape index (κ3) is 4.54. The van der Waals surface area contributed by atoms with Gasteiger partial charge in [-0.2, -0.15) is 4.31 Å². The molecule has 1 saturated heterocycles. The van der Waals surface area contributed by atoms with Crippen molar-refractivity contribution in [1.82, 2.24) is 4.31 Å². The van der Waals surface area contributed by atoms with E-state index in [1.807, 2.05) is 13.0 Å². The largest absolute Gasteiger partial charge is 0.325 e. The number of hydrogen-bond donors (Lipinski definition) is 1. The van der Waals surface area contributed by atoms with Crippen LogP contribution in [0.25, 0.3) is 0 Å². The van der Waals surface area contributed by atoms with Gasteiger partial charge in [-0.1, -0.05) is 40.0 Å². The van der Waals surface area contributed by atoms with E-state index >= 15 is 0 Å². The Hall–Kier alpha value is -1.41. The highest BCUT2D eigenvalue weighted by molar-refractivity contribution is 9.10. The summed E-state index contributed by atoms with van der Waals surface area (Å²) in [5.74, 6) is -0.338. The number of carbonyl (C=O) groups is 1. The van der Waals surface area contributed by atoms with Gasteiger partial charge < -0.3 is 5.32 Å². The van der Waals surface area contributed by atoms with Crippen LogP contribution in [0.15, 0.2) is 51.8 Å². The zero-order valence-electron chi connectivity index (χ0n) is 14.8. The molecule has 2 aromatic carbocycles. The van der Waals surface area contributed by atoms with Crippen molar-refractivity contribution >= 4 is 49.1 Å². The van der Waals surface area contributed by atoms with Crippen LogP contribution >= 0.6 is 27.5 Å². The van der Waals surface area contributed by atoms with Gasteiger partial charge in [0.15, 0.2) is 0 Å². The third-order valence-corrected chi connectivity index (χ3v) is 7.47. The lowest BCUT2D eigenvalue weighted by Gasteiger charge is -2.33. The number of piperidine rings is 1. The molecule has 3 rings (SSSR count). The summed E-state index contributed by atoms with van der Waals surface area (Å²) in [6.45, 7) is 2.20. The maximum atomic E-state index is 13.1. The highest BCUT2D eigenvalue weighted by Gasteiger charge is 2.37. The molecule has 0 radical (unpaired) electrons. The van der Waals surface area contributed by atoms with Gasteiger partial charge in [0.2, 0.25) is 15.9 Å². The number of sulfonamides is 1. The zero-order valence-corrected chi connectivity index (χ0v) is 17.9. The second-order valence-electron chi connectivity index (χ2n) is 6.53. The van der Waals surface area contributed by atoms with Gasteiger partial charge in [0, 0.05) is 21.7 Å². The topological polar surface area (TPSA) is 66.5 Å². The Kier molecular flexibility index (Phi) is 6.25. The fourth-order valence-electron chi connectivity index (χ4n) is 3.09. The van der Waals surface area contributed by atoms with Crippen molar-refractivity contribution in [2.75, 3.05) is 11.9 Å². The predicted molar refractivity (Wildman–Crippen MR) is 110 cm³/mol. The molecule has 1 fully saturated rings. The van der Waals surface area contributed by atoms with E-state index < -0.39 is 16.1 Å². The molecule has 0 aliphatic carbocycles. The monoisotopic (exact) mass is 470 g/mol. The third-order valence-electron chi connectivity index (χ3n) is 4.62. The number of nitrogens with zero attached hydrogens (tertiary/aromatic N) is 1. The highest BCUT2D eigenvalue weighted by Crippen LogP contribution is 2.28. The van der Waals surface area contributed by atoms with E-state index in [4.69, 9.17) is 11.6 Å². The Balaban J connectivity index is 1.85. The molecule has 0 aromatic heterocycles. The lowest BCUT2D eigenvalue weighted by Crippen LogP contribution is -2.49. The van der Waals surface area contributed by atoms with E-state index in [9.17, 15) is 13.2 Å². The predicted octanol–water partition coefficient (Wildman–Crippen LogP) is 4.59. The van der Waals surface area contributed by atoms with Gasteiger partial charge >= 0.3 is 0 Å². The van der Waals surface area contributed by atoms with Crippen LogP contribution in [-0.2, 0) is 14.8 Å². The first-order valence-corrected chi connectivity index (χ1v) is 11.2. The fraction of sp³-hybridized carbons (Fsp3) is 0.316. The minimum absolute atomic E-state index is 0.184. The smallest absolute Gasteiger partial charge is 0.243 e. The lowest BCUT2D eigenvalue weighted by molar-refractivity contribution is -0.120. The SMILES string of the molecule is Cc1ccc(NC(=O)[C@@H]2CCCCN2S(=O)(=O)c2ccc(Br)cc2)cc1Cl. The van der Waals surface area contributed by atoms with Gasteiger partial charge in [-0.3, -0.25) is 4.79 Å². The molecule has 0 unspecified atom stereocenters.